The summed E-state index contributed by atoms with van der Waals surface area (Å²) in [5.74, 6) is 1.97. The molecule has 0 aliphatic carbocycles. The van der Waals surface area contributed by atoms with Crippen molar-refractivity contribution in [1.29, 1.82) is 0 Å². The topological polar surface area (TPSA) is 47.0 Å². The third-order valence-electron chi connectivity index (χ3n) is 1.92. The highest BCUT2D eigenvalue weighted by Gasteiger charge is 2.00. The molecule has 0 spiro atoms. The van der Waals surface area contributed by atoms with Crippen LogP contribution in [0.5, 0.6) is 11.6 Å². The molecule has 0 amide bonds. The molecule has 2 rings (SSSR count). The number of nitrogens with one attached hydrogen (secondary N) is 1. The van der Waals surface area contributed by atoms with Crippen molar-refractivity contribution in [3.8, 4) is 11.6 Å². The minimum absolute atomic E-state index is 0.512. The average molecular weight is 280 g/mol. The van der Waals surface area contributed by atoms with Crippen molar-refractivity contribution < 1.29 is 4.74 Å². The Morgan fingerprint density at radius 2 is 2.12 bits per heavy atom. The lowest BCUT2D eigenvalue weighted by atomic mass is 10.3. The third-order valence-corrected chi connectivity index (χ3v) is 2.41. The van der Waals surface area contributed by atoms with Crippen molar-refractivity contribution >= 4 is 21.7 Å². The smallest absolute Gasteiger partial charge is 0.224 e. The number of hydrogen-bond donors (Lipinski definition) is 1. The summed E-state index contributed by atoms with van der Waals surface area (Å²) in [4.78, 5) is 8.03. The highest BCUT2D eigenvalue weighted by molar-refractivity contribution is 9.10. The van der Waals surface area contributed by atoms with Crippen LogP contribution in [0.1, 0.15) is 0 Å². The molecule has 0 radical (unpaired) electrons. The van der Waals surface area contributed by atoms with Gasteiger partial charge >= 0.3 is 0 Å². The maximum absolute atomic E-state index is 5.58. The van der Waals surface area contributed by atoms with E-state index in [9.17, 15) is 0 Å². The molecule has 0 atom stereocenters. The van der Waals surface area contributed by atoms with E-state index in [0.29, 0.717) is 5.88 Å². The van der Waals surface area contributed by atoms with E-state index in [-0.39, 0.29) is 0 Å². The number of anilines is 1. The molecule has 2 aromatic rings. The van der Waals surface area contributed by atoms with Gasteiger partial charge in [0, 0.05) is 17.6 Å². The number of rotatable bonds is 3. The van der Waals surface area contributed by atoms with Crippen molar-refractivity contribution in [2.75, 3.05) is 12.4 Å². The van der Waals surface area contributed by atoms with Crippen LogP contribution >= 0.6 is 15.9 Å². The van der Waals surface area contributed by atoms with Gasteiger partial charge in [-0.15, -0.1) is 0 Å². The van der Waals surface area contributed by atoms with E-state index in [1.807, 2.05) is 24.3 Å². The van der Waals surface area contributed by atoms with Gasteiger partial charge in [0.15, 0.2) is 0 Å². The summed E-state index contributed by atoms with van der Waals surface area (Å²) in [6.45, 7) is 0. The van der Waals surface area contributed by atoms with Crippen molar-refractivity contribution in [3.63, 3.8) is 0 Å². The first-order valence-corrected chi connectivity index (χ1v) is 5.50. The normalized spacial score (nSPS) is 9.88. The quantitative estimate of drug-likeness (QED) is 0.938. The monoisotopic (exact) mass is 279 g/mol. The predicted octanol–water partition coefficient (Wildman–Crippen LogP) is 3.07. The Balaban J connectivity index is 2.20. The van der Waals surface area contributed by atoms with Gasteiger partial charge in [-0.3, -0.25) is 0 Å². The van der Waals surface area contributed by atoms with Crippen LogP contribution in [0.2, 0.25) is 0 Å². The molecule has 0 saturated carbocycles. The fourth-order valence-electron chi connectivity index (χ4n) is 1.18. The van der Waals surface area contributed by atoms with Gasteiger partial charge in [-0.2, -0.15) is 0 Å². The number of nitrogens with zero attached hydrogens (tertiary/aromatic N) is 2. The van der Waals surface area contributed by atoms with E-state index in [1.54, 1.807) is 13.1 Å². The number of halogens is 1. The third kappa shape index (κ3) is 2.70. The summed E-state index contributed by atoms with van der Waals surface area (Å²) in [5, 5.41) is 2.92. The molecular formula is C11H10BrN3O. The Morgan fingerprint density at radius 3 is 2.88 bits per heavy atom. The first-order valence-electron chi connectivity index (χ1n) is 4.71. The van der Waals surface area contributed by atoms with Gasteiger partial charge in [-0.1, -0.05) is 22.0 Å². The van der Waals surface area contributed by atoms with Gasteiger partial charge in [0.2, 0.25) is 5.88 Å². The minimum Gasteiger partial charge on any atom is -0.439 e. The number of hydrogen-bond acceptors (Lipinski definition) is 4. The van der Waals surface area contributed by atoms with Gasteiger partial charge in [-0.05, 0) is 18.2 Å². The molecule has 0 fully saturated rings. The van der Waals surface area contributed by atoms with Crippen LogP contribution in [0.4, 0.5) is 5.82 Å². The van der Waals surface area contributed by atoms with Gasteiger partial charge in [0.05, 0.1) is 0 Å². The van der Waals surface area contributed by atoms with Crippen LogP contribution in [0, 0.1) is 0 Å². The Kier molecular flexibility index (Phi) is 3.36. The number of aromatic nitrogens is 2. The second-order valence-electron chi connectivity index (χ2n) is 3.05. The summed E-state index contributed by atoms with van der Waals surface area (Å²) >= 11 is 3.38. The number of ether oxygens (including phenoxy) is 1. The molecule has 1 aromatic carbocycles. The largest absolute Gasteiger partial charge is 0.439 e. The van der Waals surface area contributed by atoms with E-state index in [4.69, 9.17) is 4.74 Å². The van der Waals surface area contributed by atoms with Crippen molar-refractivity contribution in [3.05, 3.63) is 41.1 Å². The van der Waals surface area contributed by atoms with Crippen LogP contribution in [-0.4, -0.2) is 17.0 Å². The van der Waals surface area contributed by atoms with Gasteiger partial charge in [0.25, 0.3) is 0 Å². The Hall–Kier alpha value is -1.62. The summed E-state index contributed by atoms with van der Waals surface area (Å²) in [7, 11) is 1.80. The van der Waals surface area contributed by atoms with Crippen LogP contribution in [0.15, 0.2) is 41.1 Å². The fraction of sp³-hybridized carbons (Fsp3) is 0.0909. The molecule has 5 heteroatoms. The maximum atomic E-state index is 5.58. The van der Waals surface area contributed by atoms with Gasteiger partial charge in [-0.25, -0.2) is 9.97 Å². The van der Waals surface area contributed by atoms with Crippen molar-refractivity contribution in [2.24, 2.45) is 0 Å². The second-order valence-corrected chi connectivity index (χ2v) is 3.97. The second kappa shape index (κ2) is 4.94. The lowest BCUT2D eigenvalue weighted by Gasteiger charge is -2.05. The molecule has 1 heterocycles. The molecule has 0 saturated heterocycles. The van der Waals surface area contributed by atoms with Crippen LogP contribution < -0.4 is 10.1 Å². The lowest BCUT2D eigenvalue weighted by molar-refractivity contribution is 0.461. The average Bonchev–Trinajstić information content (AvgIpc) is 2.29. The molecule has 1 aromatic heterocycles. The Morgan fingerprint density at radius 1 is 1.25 bits per heavy atom. The molecular weight excluding hydrogens is 270 g/mol. The Labute approximate surface area is 102 Å². The SMILES string of the molecule is CNc1cc(Oc2cccc(Br)c2)ncn1. The summed E-state index contributed by atoms with van der Waals surface area (Å²) in [6, 6.07) is 9.32. The molecule has 0 aliphatic heterocycles. The van der Waals surface area contributed by atoms with E-state index in [0.717, 1.165) is 16.0 Å². The van der Waals surface area contributed by atoms with Gasteiger partial charge in [0.1, 0.15) is 17.9 Å². The van der Waals surface area contributed by atoms with Crippen LogP contribution in [0.3, 0.4) is 0 Å². The predicted molar refractivity (Wildman–Crippen MR) is 65.8 cm³/mol. The molecule has 4 nitrogen and oxygen atoms in total. The first-order chi connectivity index (χ1) is 7.78. The van der Waals surface area contributed by atoms with E-state index in [1.165, 1.54) is 6.33 Å². The lowest BCUT2D eigenvalue weighted by Crippen LogP contribution is -1.94. The fourth-order valence-corrected chi connectivity index (χ4v) is 1.56. The standard InChI is InChI=1S/C11H10BrN3O/c1-13-10-6-11(15-7-14-10)16-9-4-2-3-8(12)5-9/h2-7H,1H3,(H,13,14,15). The number of benzene rings is 1. The molecule has 0 aliphatic rings. The summed E-state index contributed by atoms with van der Waals surface area (Å²) in [6.07, 6.45) is 1.46. The zero-order valence-corrected chi connectivity index (χ0v) is 10.2. The van der Waals surface area contributed by atoms with Crippen molar-refractivity contribution in [1.82, 2.24) is 9.97 Å². The van der Waals surface area contributed by atoms with E-state index in [2.05, 4.69) is 31.2 Å². The Bertz CT molecular complexity index is 490. The maximum Gasteiger partial charge on any atom is 0.224 e. The van der Waals surface area contributed by atoms with E-state index >= 15 is 0 Å². The molecule has 16 heavy (non-hydrogen) atoms. The zero-order chi connectivity index (χ0) is 11.4. The molecule has 82 valence electrons. The van der Waals surface area contributed by atoms with Crippen LogP contribution in [-0.2, 0) is 0 Å². The molecule has 0 bridgehead atoms. The molecule has 0 unspecified atom stereocenters. The zero-order valence-electron chi connectivity index (χ0n) is 8.64. The highest BCUT2D eigenvalue weighted by atomic mass is 79.9. The van der Waals surface area contributed by atoms with Crippen molar-refractivity contribution in [2.45, 2.75) is 0 Å². The highest BCUT2D eigenvalue weighted by Crippen LogP contribution is 2.23. The summed E-state index contributed by atoms with van der Waals surface area (Å²) in [5.41, 5.74) is 0. The van der Waals surface area contributed by atoms with Gasteiger partial charge < -0.3 is 10.1 Å². The van der Waals surface area contributed by atoms with E-state index < -0.39 is 0 Å². The molecule has 1 N–H and O–H groups in total. The van der Waals surface area contributed by atoms with Crippen LogP contribution in [0.25, 0.3) is 0 Å². The minimum atomic E-state index is 0.512. The summed E-state index contributed by atoms with van der Waals surface area (Å²) < 4.78 is 6.55. The first kappa shape index (κ1) is 10.9.